The van der Waals surface area contributed by atoms with Crippen molar-refractivity contribution in [1.82, 2.24) is 4.90 Å². The second-order valence-electron chi connectivity index (χ2n) is 3.30. The molecule has 1 aliphatic heterocycles. The lowest BCUT2D eigenvalue weighted by Gasteiger charge is -2.12. The molecule has 0 saturated carbocycles. The van der Waals surface area contributed by atoms with E-state index in [2.05, 4.69) is 0 Å². The van der Waals surface area contributed by atoms with Gasteiger partial charge in [-0.2, -0.15) is 11.8 Å². The molecular weight excluding hydrogens is 222 g/mol. The SMILES string of the molecule is [2H]C([2H])([2H])SC([2H])([2H])CCN1C(=O)c2ccccc2C1=O. The van der Waals surface area contributed by atoms with Crippen molar-refractivity contribution < 1.29 is 16.4 Å². The predicted molar refractivity (Wildman–Crippen MR) is 64.8 cm³/mol. The van der Waals surface area contributed by atoms with Gasteiger partial charge in [-0.1, -0.05) is 12.1 Å². The van der Waals surface area contributed by atoms with Crippen LogP contribution in [0.5, 0.6) is 0 Å². The summed E-state index contributed by atoms with van der Waals surface area (Å²) in [5, 5.41) is 0. The van der Waals surface area contributed by atoms with E-state index in [0.29, 0.717) is 11.1 Å². The van der Waals surface area contributed by atoms with Gasteiger partial charge in [-0.05, 0) is 30.4 Å². The van der Waals surface area contributed by atoms with Gasteiger partial charge in [0, 0.05) is 13.4 Å². The fourth-order valence-corrected chi connectivity index (χ4v) is 1.84. The molecule has 0 aliphatic carbocycles. The molecule has 3 nitrogen and oxygen atoms in total. The van der Waals surface area contributed by atoms with Crippen LogP contribution in [0.15, 0.2) is 24.3 Å². The van der Waals surface area contributed by atoms with Crippen molar-refractivity contribution >= 4 is 23.6 Å². The second kappa shape index (κ2) is 4.70. The van der Waals surface area contributed by atoms with Gasteiger partial charge in [0.2, 0.25) is 0 Å². The van der Waals surface area contributed by atoms with E-state index < -0.39 is 23.7 Å². The van der Waals surface area contributed by atoms with Crippen LogP contribution in [0.2, 0.25) is 0 Å². The first-order chi connectivity index (χ1) is 9.61. The molecular formula is C12H13NO2S. The van der Waals surface area contributed by atoms with E-state index in [1.165, 1.54) is 0 Å². The molecule has 0 saturated heterocycles. The number of carbonyl (C=O) groups excluding carboxylic acids is 2. The average Bonchev–Trinajstić information content (AvgIpc) is 2.58. The maximum Gasteiger partial charge on any atom is 0.261 e. The summed E-state index contributed by atoms with van der Waals surface area (Å²) in [7, 11) is 0. The van der Waals surface area contributed by atoms with Gasteiger partial charge in [0.15, 0.2) is 0 Å². The average molecular weight is 240 g/mol. The Hall–Kier alpha value is -1.29. The first-order valence-electron chi connectivity index (χ1n) is 7.26. The van der Waals surface area contributed by atoms with E-state index in [1.807, 2.05) is 0 Å². The number of hydrogen-bond donors (Lipinski definition) is 0. The number of fused-ring (bicyclic) bond motifs is 1. The third-order valence-electron chi connectivity index (χ3n) is 2.39. The molecule has 4 heteroatoms. The van der Waals surface area contributed by atoms with Crippen LogP contribution >= 0.6 is 11.8 Å². The van der Waals surface area contributed by atoms with Crippen LogP contribution in [-0.4, -0.2) is 35.1 Å². The highest BCUT2D eigenvalue weighted by Gasteiger charge is 2.34. The zero-order valence-corrected chi connectivity index (χ0v) is 9.21. The number of benzene rings is 1. The molecule has 0 radical (unpaired) electrons. The van der Waals surface area contributed by atoms with Crippen LogP contribution in [-0.2, 0) is 0 Å². The van der Waals surface area contributed by atoms with Crippen LogP contribution < -0.4 is 0 Å². The first-order valence-corrected chi connectivity index (χ1v) is 5.58. The third kappa shape index (κ3) is 1.85. The topological polar surface area (TPSA) is 37.4 Å². The van der Waals surface area contributed by atoms with Gasteiger partial charge >= 0.3 is 0 Å². The molecule has 1 aromatic rings. The summed E-state index contributed by atoms with van der Waals surface area (Å²) in [5.41, 5.74) is -1.45. The maximum atomic E-state index is 12.1. The quantitative estimate of drug-likeness (QED) is 0.756. The van der Waals surface area contributed by atoms with Gasteiger partial charge in [-0.15, -0.1) is 0 Å². The molecule has 16 heavy (non-hydrogen) atoms. The minimum absolute atomic E-state index is 0.150. The molecule has 0 atom stereocenters. The van der Waals surface area contributed by atoms with E-state index in [4.69, 9.17) is 6.85 Å². The molecule has 84 valence electrons. The minimum Gasteiger partial charge on any atom is -0.274 e. The summed E-state index contributed by atoms with van der Waals surface area (Å²) in [4.78, 5) is 25.1. The van der Waals surface area contributed by atoms with E-state index in [-0.39, 0.29) is 24.7 Å². The lowest BCUT2D eigenvalue weighted by atomic mass is 10.1. The Bertz CT molecular complexity index is 552. The summed E-state index contributed by atoms with van der Waals surface area (Å²) in [6, 6.07) is 6.39. The van der Waals surface area contributed by atoms with Crippen molar-refractivity contribution in [3.05, 3.63) is 35.4 Å². The molecule has 2 rings (SSSR count). The van der Waals surface area contributed by atoms with Crippen molar-refractivity contribution in [1.29, 1.82) is 0 Å². The molecule has 1 aromatic carbocycles. The number of nitrogens with zero attached hydrogens (tertiary/aromatic N) is 1. The van der Waals surface area contributed by atoms with Crippen molar-refractivity contribution in [2.75, 3.05) is 18.4 Å². The standard InChI is InChI=1S/C12H13NO2S/c1-16-8-4-7-13-11(14)9-5-2-3-6-10(9)12(13)15/h2-3,5-6H,4,7-8H2,1H3/i1D3,8D2. The zero-order valence-electron chi connectivity index (χ0n) is 13.4. The highest BCUT2D eigenvalue weighted by atomic mass is 32.2. The molecule has 0 unspecified atom stereocenters. The molecule has 0 aromatic heterocycles. The zero-order chi connectivity index (χ0) is 15.8. The van der Waals surface area contributed by atoms with Crippen molar-refractivity contribution in [3.63, 3.8) is 0 Å². The molecule has 0 N–H and O–H groups in total. The Morgan fingerprint density at radius 1 is 1.31 bits per heavy atom. The van der Waals surface area contributed by atoms with Crippen LogP contribution in [0, 0.1) is 0 Å². The predicted octanol–water partition coefficient (Wildman–Crippen LogP) is 2.04. The Labute approximate surface area is 106 Å². The maximum absolute atomic E-state index is 12.1. The summed E-state index contributed by atoms with van der Waals surface area (Å²) in [6.07, 6.45) is -2.70. The van der Waals surface area contributed by atoms with Crippen molar-refractivity contribution in [2.24, 2.45) is 0 Å². The van der Waals surface area contributed by atoms with Crippen molar-refractivity contribution in [2.45, 2.75) is 6.42 Å². The van der Waals surface area contributed by atoms with Gasteiger partial charge in [0.05, 0.1) is 11.1 Å². The molecule has 0 spiro atoms. The Balaban J connectivity index is 2.06. The monoisotopic (exact) mass is 240 g/mol. The smallest absolute Gasteiger partial charge is 0.261 e. The molecule has 1 heterocycles. The summed E-state index contributed by atoms with van der Waals surface area (Å²) < 4.78 is 36.5. The Morgan fingerprint density at radius 3 is 2.50 bits per heavy atom. The number of imide groups is 1. The first kappa shape index (κ1) is 6.45. The number of carbonyl (C=O) groups is 2. The van der Waals surface area contributed by atoms with E-state index in [9.17, 15) is 9.59 Å². The fraction of sp³-hybridized carbons (Fsp3) is 0.333. The molecule has 0 bridgehead atoms. The van der Waals surface area contributed by atoms with Gasteiger partial charge in [-0.25, -0.2) is 0 Å². The second-order valence-corrected chi connectivity index (χ2v) is 3.80. The van der Waals surface area contributed by atoms with E-state index >= 15 is 0 Å². The van der Waals surface area contributed by atoms with Gasteiger partial charge < -0.3 is 0 Å². The minimum atomic E-state index is -2.47. The van der Waals surface area contributed by atoms with Crippen molar-refractivity contribution in [3.8, 4) is 0 Å². The molecule has 2 amide bonds. The lowest BCUT2D eigenvalue weighted by molar-refractivity contribution is 0.0655. The van der Waals surface area contributed by atoms with Gasteiger partial charge in [0.25, 0.3) is 11.8 Å². The van der Waals surface area contributed by atoms with Gasteiger partial charge in [-0.3, -0.25) is 14.5 Å². The van der Waals surface area contributed by atoms with E-state index in [0.717, 1.165) is 4.90 Å². The van der Waals surface area contributed by atoms with Gasteiger partial charge in [0.1, 0.15) is 0 Å². The summed E-state index contributed by atoms with van der Waals surface area (Å²) >= 11 is 0.213. The summed E-state index contributed by atoms with van der Waals surface area (Å²) in [5.74, 6) is -0.935. The van der Waals surface area contributed by atoms with Crippen LogP contribution in [0.4, 0.5) is 0 Å². The number of hydrogen-bond acceptors (Lipinski definition) is 3. The Kier molecular flexibility index (Phi) is 1.89. The lowest BCUT2D eigenvalue weighted by Crippen LogP contribution is -2.30. The highest BCUT2D eigenvalue weighted by molar-refractivity contribution is 7.98. The number of thioether (sulfide) groups is 1. The van der Waals surface area contributed by atoms with Crippen LogP contribution in [0.25, 0.3) is 0 Å². The number of amides is 2. The molecule has 1 aliphatic rings. The fourth-order valence-electron chi connectivity index (χ4n) is 1.65. The number of rotatable bonds is 4. The molecule has 0 fully saturated rings. The largest absolute Gasteiger partial charge is 0.274 e. The highest BCUT2D eigenvalue weighted by Crippen LogP contribution is 2.22. The normalized spacial score (nSPS) is 20.8. The third-order valence-corrected chi connectivity index (χ3v) is 2.74. The van der Waals surface area contributed by atoms with Crippen LogP contribution in [0.1, 0.15) is 34.0 Å². The Morgan fingerprint density at radius 2 is 1.94 bits per heavy atom. The van der Waals surface area contributed by atoms with E-state index in [1.54, 1.807) is 24.3 Å². The summed E-state index contributed by atoms with van der Waals surface area (Å²) in [6.45, 7) is -0.150. The van der Waals surface area contributed by atoms with Crippen LogP contribution in [0.3, 0.4) is 0 Å².